The number of rotatable bonds is 4. The van der Waals surface area contributed by atoms with E-state index in [0.29, 0.717) is 11.7 Å². The van der Waals surface area contributed by atoms with Gasteiger partial charge in [-0.1, -0.05) is 0 Å². The molecule has 0 spiro atoms. The Morgan fingerprint density at radius 3 is 2.71 bits per heavy atom. The Morgan fingerprint density at radius 1 is 1.47 bits per heavy atom. The Bertz CT molecular complexity index is 343. The lowest BCUT2D eigenvalue weighted by molar-refractivity contribution is 0.276. The summed E-state index contributed by atoms with van der Waals surface area (Å²) in [5, 5.41) is 8.94. The van der Waals surface area contributed by atoms with Gasteiger partial charge in [0, 0.05) is 19.6 Å². The SMILES string of the molecule is CN(C)CC1CCN(c2nc(CO)co2)CC1. The lowest BCUT2D eigenvalue weighted by atomic mass is 9.97. The molecule has 17 heavy (non-hydrogen) atoms. The highest BCUT2D eigenvalue weighted by Gasteiger charge is 2.22. The summed E-state index contributed by atoms with van der Waals surface area (Å²) in [7, 11) is 4.24. The molecule has 1 aliphatic heterocycles. The van der Waals surface area contributed by atoms with Crippen LogP contribution in [0.3, 0.4) is 0 Å². The average Bonchev–Trinajstić information content (AvgIpc) is 2.78. The zero-order valence-corrected chi connectivity index (χ0v) is 10.6. The van der Waals surface area contributed by atoms with Crippen LogP contribution in [-0.4, -0.2) is 48.7 Å². The van der Waals surface area contributed by atoms with Crippen molar-refractivity contribution in [1.82, 2.24) is 9.88 Å². The molecule has 1 aromatic rings. The van der Waals surface area contributed by atoms with Crippen LogP contribution in [0.1, 0.15) is 18.5 Å². The van der Waals surface area contributed by atoms with Crippen molar-refractivity contribution in [3.8, 4) is 0 Å². The number of nitrogens with zero attached hydrogens (tertiary/aromatic N) is 3. The van der Waals surface area contributed by atoms with Gasteiger partial charge in [-0.05, 0) is 32.9 Å². The van der Waals surface area contributed by atoms with E-state index < -0.39 is 0 Å². The zero-order valence-electron chi connectivity index (χ0n) is 10.6. The van der Waals surface area contributed by atoms with E-state index in [2.05, 4.69) is 28.9 Å². The maximum atomic E-state index is 8.94. The van der Waals surface area contributed by atoms with Gasteiger partial charge in [-0.15, -0.1) is 0 Å². The van der Waals surface area contributed by atoms with Gasteiger partial charge in [0.2, 0.25) is 0 Å². The summed E-state index contributed by atoms with van der Waals surface area (Å²) in [5.41, 5.74) is 0.607. The van der Waals surface area contributed by atoms with E-state index in [4.69, 9.17) is 9.52 Å². The number of anilines is 1. The maximum absolute atomic E-state index is 8.94. The predicted octanol–water partition coefficient (Wildman–Crippen LogP) is 0.945. The van der Waals surface area contributed by atoms with E-state index in [9.17, 15) is 0 Å². The van der Waals surface area contributed by atoms with Crippen molar-refractivity contribution in [2.24, 2.45) is 5.92 Å². The van der Waals surface area contributed by atoms with Crippen molar-refractivity contribution in [1.29, 1.82) is 0 Å². The molecule has 1 aliphatic rings. The van der Waals surface area contributed by atoms with Crippen LogP contribution in [0.25, 0.3) is 0 Å². The number of piperidine rings is 1. The third kappa shape index (κ3) is 3.20. The topological polar surface area (TPSA) is 52.7 Å². The third-order valence-electron chi connectivity index (χ3n) is 3.21. The van der Waals surface area contributed by atoms with Crippen molar-refractivity contribution in [2.75, 3.05) is 38.6 Å². The molecular formula is C12H21N3O2. The summed E-state index contributed by atoms with van der Waals surface area (Å²) >= 11 is 0. The summed E-state index contributed by atoms with van der Waals surface area (Å²) in [5.74, 6) is 0.772. The first-order valence-corrected chi connectivity index (χ1v) is 6.14. The lowest BCUT2D eigenvalue weighted by Gasteiger charge is -2.32. The number of hydrogen-bond donors (Lipinski definition) is 1. The largest absolute Gasteiger partial charge is 0.432 e. The van der Waals surface area contributed by atoms with Gasteiger partial charge in [0.15, 0.2) is 0 Å². The number of hydrogen-bond acceptors (Lipinski definition) is 5. The molecule has 0 atom stereocenters. The van der Waals surface area contributed by atoms with Crippen LogP contribution in [0.15, 0.2) is 10.7 Å². The fourth-order valence-electron chi connectivity index (χ4n) is 2.34. The summed E-state index contributed by atoms with van der Waals surface area (Å²) in [6.07, 6.45) is 3.88. The highest BCUT2D eigenvalue weighted by Crippen LogP contribution is 2.23. The molecule has 0 radical (unpaired) electrons. The summed E-state index contributed by atoms with van der Waals surface area (Å²) in [4.78, 5) is 8.64. The van der Waals surface area contributed by atoms with Crippen molar-refractivity contribution in [3.05, 3.63) is 12.0 Å². The summed E-state index contributed by atoms with van der Waals surface area (Å²) in [6.45, 7) is 3.08. The molecule has 1 saturated heterocycles. The van der Waals surface area contributed by atoms with Crippen LogP contribution < -0.4 is 4.90 Å². The van der Waals surface area contributed by atoms with Crippen LogP contribution in [0.5, 0.6) is 0 Å². The highest BCUT2D eigenvalue weighted by atomic mass is 16.4. The molecule has 0 aliphatic carbocycles. The first kappa shape index (κ1) is 12.4. The second kappa shape index (κ2) is 5.51. The molecule has 5 heteroatoms. The Hall–Kier alpha value is -1.07. The average molecular weight is 239 g/mol. The quantitative estimate of drug-likeness (QED) is 0.847. The Kier molecular flexibility index (Phi) is 4.02. The molecular weight excluding hydrogens is 218 g/mol. The molecule has 2 rings (SSSR count). The Balaban J connectivity index is 1.86. The van der Waals surface area contributed by atoms with E-state index in [1.54, 1.807) is 0 Å². The minimum Gasteiger partial charge on any atom is -0.432 e. The van der Waals surface area contributed by atoms with Gasteiger partial charge >= 0.3 is 0 Å². The number of aromatic nitrogens is 1. The molecule has 0 aromatic carbocycles. The van der Waals surface area contributed by atoms with Crippen molar-refractivity contribution < 1.29 is 9.52 Å². The smallest absolute Gasteiger partial charge is 0.297 e. The Labute approximate surface area is 102 Å². The minimum atomic E-state index is -0.0550. The van der Waals surface area contributed by atoms with E-state index in [-0.39, 0.29) is 6.61 Å². The molecule has 2 heterocycles. The third-order valence-corrected chi connectivity index (χ3v) is 3.21. The van der Waals surface area contributed by atoms with Crippen molar-refractivity contribution >= 4 is 6.01 Å². The second-order valence-corrected chi connectivity index (χ2v) is 4.97. The van der Waals surface area contributed by atoms with E-state index in [0.717, 1.165) is 25.6 Å². The van der Waals surface area contributed by atoms with Gasteiger partial charge in [-0.3, -0.25) is 0 Å². The van der Waals surface area contributed by atoms with Gasteiger partial charge in [0.1, 0.15) is 12.0 Å². The van der Waals surface area contributed by atoms with E-state index >= 15 is 0 Å². The standard InChI is InChI=1S/C12H21N3O2/c1-14(2)7-10-3-5-15(6-4-10)12-13-11(8-16)9-17-12/h9-10,16H,3-8H2,1-2H3. The number of oxazole rings is 1. The first-order valence-electron chi connectivity index (χ1n) is 6.14. The van der Waals surface area contributed by atoms with Gasteiger partial charge < -0.3 is 19.3 Å². The van der Waals surface area contributed by atoms with Crippen molar-refractivity contribution in [2.45, 2.75) is 19.4 Å². The monoisotopic (exact) mass is 239 g/mol. The lowest BCUT2D eigenvalue weighted by Crippen LogP contribution is -2.37. The van der Waals surface area contributed by atoms with Crippen LogP contribution in [0.2, 0.25) is 0 Å². The molecule has 96 valence electrons. The van der Waals surface area contributed by atoms with Crippen LogP contribution in [0, 0.1) is 5.92 Å². The van der Waals surface area contributed by atoms with Crippen LogP contribution in [0.4, 0.5) is 6.01 Å². The second-order valence-electron chi connectivity index (χ2n) is 4.97. The Morgan fingerprint density at radius 2 is 2.18 bits per heavy atom. The summed E-state index contributed by atoms with van der Waals surface area (Å²) < 4.78 is 5.36. The molecule has 0 bridgehead atoms. The normalized spacial score (nSPS) is 18.0. The van der Waals surface area contributed by atoms with Crippen LogP contribution >= 0.6 is 0 Å². The first-order chi connectivity index (χ1) is 8.19. The van der Waals surface area contributed by atoms with E-state index in [1.807, 2.05) is 0 Å². The van der Waals surface area contributed by atoms with Crippen molar-refractivity contribution in [3.63, 3.8) is 0 Å². The molecule has 0 amide bonds. The highest BCUT2D eigenvalue weighted by molar-refractivity contribution is 5.27. The predicted molar refractivity (Wildman–Crippen MR) is 65.9 cm³/mol. The molecule has 5 nitrogen and oxygen atoms in total. The fourth-order valence-corrected chi connectivity index (χ4v) is 2.34. The molecule has 1 aromatic heterocycles. The maximum Gasteiger partial charge on any atom is 0.297 e. The molecule has 0 saturated carbocycles. The van der Waals surface area contributed by atoms with Gasteiger partial charge in [-0.25, -0.2) is 0 Å². The van der Waals surface area contributed by atoms with Gasteiger partial charge in [0.05, 0.1) is 6.61 Å². The fraction of sp³-hybridized carbons (Fsp3) is 0.750. The number of aliphatic hydroxyl groups is 1. The molecule has 0 unspecified atom stereocenters. The van der Waals surface area contributed by atoms with Gasteiger partial charge in [0.25, 0.3) is 6.01 Å². The minimum absolute atomic E-state index is 0.0550. The molecule has 1 fully saturated rings. The van der Waals surface area contributed by atoms with Gasteiger partial charge in [-0.2, -0.15) is 4.98 Å². The number of aliphatic hydroxyl groups excluding tert-OH is 1. The zero-order chi connectivity index (χ0) is 12.3. The van der Waals surface area contributed by atoms with Crippen LogP contribution in [-0.2, 0) is 6.61 Å². The molecule has 1 N–H and O–H groups in total. The van der Waals surface area contributed by atoms with E-state index in [1.165, 1.54) is 19.1 Å². The summed E-state index contributed by atoms with van der Waals surface area (Å²) in [6, 6.07) is 0.650.